The molecule has 5 heteroatoms. The minimum atomic E-state index is -0.240. The van der Waals surface area contributed by atoms with Crippen molar-refractivity contribution in [3.63, 3.8) is 0 Å². The zero-order valence-corrected chi connectivity index (χ0v) is 9.65. The molecule has 0 aliphatic carbocycles. The van der Waals surface area contributed by atoms with Crippen LogP contribution >= 0.6 is 0 Å². The van der Waals surface area contributed by atoms with E-state index in [4.69, 9.17) is 10.00 Å². The monoisotopic (exact) mass is 226 g/mol. The van der Waals surface area contributed by atoms with E-state index in [0.717, 1.165) is 26.0 Å². The van der Waals surface area contributed by atoms with E-state index in [-0.39, 0.29) is 12.1 Å². The molecule has 1 fully saturated rings. The molecule has 1 aliphatic rings. The normalized spacial score (nSPS) is 19.7. The maximum Gasteiger partial charge on any atom is 0.306 e. The summed E-state index contributed by atoms with van der Waals surface area (Å²) in [6, 6.07) is 2.10. The first-order valence-electron chi connectivity index (χ1n) is 5.54. The van der Waals surface area contributed by atoms with Gasteiger partial charge in [0.15, 0.2) is 0 Å². The molecule has 1 aliphatic heterocycles. The molecule has 0 aromatic carbocycles. The molecule has 1 saturated heterocycles. The summed E-state index contributed by atoms with van der Waals surface area (Å²) >= 11 is 0. The standard InChI is InChI=1S/C11H18N2O3/c1-15-11(14)4-6-13(7-5-12)9-10-3-2-8-16-10/h10H,2-4,6-9H2,1H3. The highest BCUT2D eigenvalue weighted by Gasteiger charge is 2.19. The predicted octanol–water partition coefficient (Wildman–Crippen LogP) is 0.554. The summed E-state index contributed by atoms with van der Waals surface area (Å²) in [5.74, 6) is -0.240. The Bertz CT molecular complexity index is 256. The Morgan fingerprint density at radius 3 is 3.06 bits per heavy atom. The number of hydrogen-bond acceptors (Lipinski definition) is 5. The molecule has 1 heterocycles. The van der Waals surface area contributed by atoms with Crippen molar-refractivity contribution in [2.45, 2.75) is 25.4 Å². The van der Waals surface area contributed by atoms with E-state index in [1.807, 2.05) is 4.90 Å². The molecule has 5 nitrogen and oxygen atoms in total. The number of ether oxygens (including phenoxy) is 2. The molecule has 0 N–H and O–H groups in total. The lowest BCUT2D eigenvalue weighted by Gasteiger charge is -2.21. The van der Waals surface area contributed by atoms with E-state index in [9.17, 15) is 4.79 Å². The molecule has 0 aromatic heterocycles. The van der Waals surface area contributed by atoms with Crippen molar-refractivity contribution in [2.75, 3.05) is 33.4 Å². The molecule has 90 valence electrons. The highest BCUT2D eigenvalue weighted by Crippen LogP contribution is 2.13. The van der Waals surface area contributed by atoms with Gasteiger partial charge >= 0.3 is 5.97 Å². The fraction of sp³-hybridized carbons (Fsp3) is 0.818. The van der Waals surface area contributed by atoms with Gasteiger partial charge in [-0.15, -0.1) is 0 Å². The topological polar surface area (TPSA) is 62.6 Å². The lowest BCUT2D eigenvalue weighted by molar-refractivity contribution is -0.141. The van der Waals surface area contributed by atoms with E-state index in [1.165, 1.54) is 7.11 Å². The number of nitriles is 1. The van der Waals surface area contributed by atoms with E-state index in [1.54, 1.807) is 0 Å². The highest BCUT2D eigenvalue weighted by atomic mass is 16.5. The van der Waals surface area contributed by atoms with Crippen LogP contribution in [0.15, 0.2) is 0 Å². The molecule has 0 radical (unpaired) electrons. The van der Waals surface area contributed by atoms with Crippen molar-refractivity contribution >= 4 is 5.97 Å². The molecular weight excluding hydrogens is 208 g/mol. The second-order valence-electron chi connectivity index (χ2n) is 3.85. The Balaban J connectivity index is 2.28. The fourth-order valence-electron chi connectivity index (χ4n) is 1.76. The molecule has 1 unspecified atom stereocenters. The first-order valence-corrected chi connectivity index (χ1v) is 5.54. The third kappa shape index (κ3) is 4.60. The quantitative estimate of drug-likeness (QED) is 0.489. The van der Waals surface area contributed by atoms with E-state index < -0.39 is 0 Å². The zero-order chi connectivity index (χ0) is 11.8. The highest BCUT2D eigenvalue weighted by molar-refractivity contribution is 5.69. The Morgan fingerprint density at radius 2 is 2.50 bits per heavy atom. The van der Waals surface area contributed by atoms with Gasteiger partial charge in [0.05, 0.1) is 32.2 Å². The average Bonchev–Trinajstić information content (AvgIpc) is 2.78. The van der Waals surface area contributed by atoms with Gasteiger partial charge in [0.25, 0.3) is 0 Å². The van der Waals surface area contributed by atoms with Crippen LogP contribution in [0.25, 0.3) is 0 Å². The van der Waals surface area contributed by atoms with E-state index in [2.05, 4.69) is 10.8 Å². The largest absolute Gasteiger partial charge is 0.469 e. The summed E-state index contributed by atoms with van der Waals surface area (Å²) in [5, 5.41) is 8.68. The second kappa shape index (κ2) is 7.20. The predicted molar refractivity (Wildman–Crippen MR) is 57.7 cm³/mol. The number of carbonyl (C=O) groups excluding carboxylic acids is 1. The molecule has 0 bridgehead atoms. The first-order chi connectivity index (χ1) is 7.76. The Kier molecular flexibility index (Phi) is 5.83. The number of hydrogen-bond donors (Lipinski definition) is 0. The number of methoxy groups -OCH3 is 1. The Morgan fingerprint density at radius 1 is 1.69 bits per heavy atom. The Labute approximate surface area is 95.9 Å². The lowest BCUT2D eigenvalue weighted by Crippen LogP contribution is -2.34. The summed E-state index contributed by atoms with van der Waals surface area (Å²) in [6.45, 7) is 2.42. The maximum absolute atomic E-state index is 11.0. The van der Waals surface area contributed by atoms with Gasteiger partial charge in [0.1, 0.15) is 0 Å². The number of nitrogens with zero attached hydrogens (tertiary/aromatic N) is 2. The van der Waals surface area contributed by atoms with Crippen LogP contribution in [0, 0.1) is 11.3 Å². The van der Waals surface area contributed by atoms with Crippen LogP contribution in [0.2, 0.25) is 0 Å². The molecular formula is C11H18N2O3. The molecule has 1 atom stereocenters. The maximum atomic E-state index is 11.0. The zero-order valence-electron chi connectivity index (χ0n) is 9.65. The van der Waals surface area contributed by atoms with Crippen LogP contribution in [0.1, 0.15) is 19.3 Å². The van der Waals surface area contributed by atoms with Crippen LogP contribution < -0.4 is 0 Å². The van der Waals surface area contributed by atoms with Crippen molar-refractivity contribution < 1.29 is 14.3 Å². The summed E-state index contributed by atoms with van der Waals surface area (Å²) < 4.78 is 10.1. The molecule has 0 saturated carbocycles. The summed E-state index contributed by atoms with van der Waals surface area (Å²) in [7, 11) is 1.37. The van der Waals surface area contributed by atoms with Crippen molar-refractivity contribution in [3.8, 4) is 6.07 Å². The summed E-state index contributed by atoms with van der Waals surface area (Å²) in [6.07, 6.45) is 2.67. The Hall–Kier alpha value is -1.12. The average molecular weight is 226 g/mol. The van der Waals surface area contributed by atoms with Gasteiger partial charge in [0, 0.05) is 19.7 Å². The molecule has 1 rings (SSSR count). The van der Waals surface area contributed by atoms with E-state index in [0.29, 0.717) is 19.5 Å². The summed E-state index contributed by atoms with van der Waals surface area (Å²) in [5.41, 5.74) is 0. The summed E-state index contributed by atoms with van der Waals surface area (Å²) in [4.78, 5) is 12.9. The fourth-order valence-corrected chi connectivity index (χ4v) is 1.76. The van der Waals surface area contributed by atoms with Crippen molar-refractivity contribution in [3.05, 3.63) is 0 Å². The van der Waals surface area contributed by atoms with Crippen molar-refractivity contribution in [1.82, 2.24) is 4.90 Å². The molecule has 0 aromatic rings. The molecule has 0 amide bonds. The van der Waals surface area contributed by atoms with Crippen LogP contribution in [0.3, 0.4) is 0 Å². The molecule has 0 spiro atoms. The minimum Gasteiger partial charge on any atom is -0.469 e. The first kappa shape index (κ1) is 12.9. The second-order valence-corrected chi connectivity index (χ2v) is 3.85. The lowest BCUT2D eigenvalue weighted by atomic mass is 10.2. The minimum absolute atomic E-state index is 0.214. The van der Waals surface area contributed by atoms with Gasteiger partial charge in [-0.25, -0.2) is 0 Å². The number of carbonyl (C=O) groups is 1. The SMILES string of the molecule is COC(=O)CCN(CC#N)CC1CCCO1. The van der Waals surface area contributed by atoms with Crippen molar-refractivity contribution in [2.24, 2.45) is 0 Å². The smallest absolute Gasteiger partial charge is 0.306 e. The van der Waals surface area contributed by atoms with Gasteiger partial charge in [-0.3, -0.25) is 9.69 Å². The third-order valence-electron chi connectivity index (χ3n) is 2.64. The van der Waals surface area contributed by atoms with Gasteiger partial charge < -0.3 is 9.47 Å². The van der Waals surface area contributed by atoms with Gasteiger partial charge in [0.2, 0.25) is 0 Å². The number of rotatable bonds is 6. The van der Waals surface area contributed by atoms with E-state index >= 15 is 0 Å². The van der Waals surface area contributed by atoms with Crippen molar-refractivity contribution in [1.29, 1.82) is 5.26 Å². The van der Waals surface area contributed by atoms with Gasteiger partial charge in [-0.05, 0) is 12.8 Å². The van der Waals surface area contributed by atoms with Gasteiger partial charge in [-0.1, -0.05) is 0 Å². The van der Waals surface area contributed by atoms with Crippen LogP contribution in [0.5, 0.6) is 0 Å². The van der Waals surface area contributed by atoms with Crippen LogP contribution in [-0.4, -0.2) is 50.3 Å². The van der Waals surface area contributed by atoms with Gasteiger partial charge in [-0.2, -0.15) is 5.26 Å². The van der Waals surface area contributed by atoms with Crippen LogP contribution in [-0.2, 0) is 14.3 Å². The van der Waals surface area contributed by atoms with Crippen LogP contribution in [0.4, 0.5) is 0 Å². The third-order valence-corrected chi connectivity index (χ3v) is 2.64. The number of esters is 1. The molecule has 16 heavy (non-hydrogen) atoms.